The number of benzene rings is 2. The average Bonchev–Trinajstić information content (AvgIpc) is 3.12. The van der Waals surface area contributed by atoms with Gasteiger partial charge in [-0.1, -0.05) is 53.5 Å². The number of nitrogens with zero attached hydrogens (tertiary/aromatic N) is 1. The second-order valence-corrected chi connectivity index (χ2v) is 6.83. The fourth-order valence-corrected chi connectivity index (χ4v) is 3.37. The molecule has 130 valence electrons. The van der Waals surface area contributed by atoms with Crippen LogP contribution in [0.25, 0.3) is 0 Å². The quantitative estimate of drug-likeness (QED) is 0.878. The monoisotopic (exact) mass is 376 g/mol. The standard InChI is InChI=1S/C19H18Cl2N2O2/c20-14-8-9-16(21)15(11-14)19(25)23-10-4-7-17(23)18(24)22-12-13-5-2-1-3-6-13/h1-3,5-6,8-9,11,17H,4,7,10,12H2,(H,22,24)/t17-/m0/s1. The van der Waals surface area contributed by atoms with Crippen molar-refractivity contribution in [3.63, 3.8) is 0 Å². The number of likely N-dealkylation sites (tertiary alicyclic amines) is 1. The maximum atomic E-state index is 12.8. The minimum Gasteiger partial charge on any atom is -0.350 e. The average molecular weight is 377 g/mol. The molecule has 4 nitrogen and oxygen atoms in total. The van der Waals surface area contributed by atoms with E-state index in [4.69, 9.17) is 23.2 Å². The summed E-state index contributed by atoms with van der Waals surface area (Å²) in [5.41, 5.74) is 1.35. The topological polar surface area (TPSA) is 49.4 Å². The van der Waals surface area contributed by atoms with Crippen molar-refractivity contribution >= 4 is 35.0 Å². The van der Waals surface area contributed by atoms with Crippen molar-refractivity contribution in [1.82, 2.24) is 10.2 Å². The van der Waals surface area contributed by atoms with Gasteiger partial charge in [-0.15, -0.1) is 0 Å². The van der Waals surface area contributed by atoms with Crippen LogP contribution in [0.1, 0.15) is 28.8 Å². The summed E-state index contributed by atoms with van der Waals surface area (Å²) in [7, 11) is 0. The molecule has 1 heterocycles. The fourth-order valence-electron chi connectivity index (χ4n) is 3.00. The zero-order valence-corrected chi connectivity index (χ0v) is 15.1. The minimum atomic E-state index is -0.480. The summed E-state index contributed by atoms with van der Waals surface area (Å²) in [6.07, 6.45) is 1.43. The Labute approximate surface area is 156 Å². The van der Waals surface area contributed by atoms with Crippen LogP contribution in [0.15, 0.2) is 48.5 Å². The van der Waals surface area contributed by atoms with Gasteiger partial charge in [0.25, 0.3) is 5.91 Å². The third-order valence-electron chi connectivity index (χ3n) is 4.28. The second kappa shape index (κ2) is 7.89. The van der Waals surface area contributed by atoms with Crippen LogP contribution >= 0.6 is 23.2 Å². The van der Waals surface area contributed by atoms with Crippen LogP contribution in [-0.4, -0.2) is 29.3 Å². The molecule has 0 aromatic heterocycles. The Morgan fingerprint density at radius 2 is 1.88 bits per heavy atom. The molecule has 0 radical (unpaired) electrons. The molecule has 0 aliphatic carbocycles. The van der Waals surface area contributed by atoms with Gasteiger partial charge >= 0.3 is 0 Å². The van der Waals surface area contributed by atoms with E-state index in [0.717, 1.165) is 12.0 Å². The van der Waals surface area contributed by atoms with E-state index in [1.807, 2.05) is 30.3 Å². The van der Waals surface area contributed by atoms with E-state index in [1.54, 1.807) is 23.1 Å². The van der Waals surface area contributed by atoms with Crippen LogP contribution in [0, 0.1) is 0 Å². The van der Waals surface area contributed by atoms with Crippen LogP contribution in [0.4, 0.5) is 0 Å². The Hall–Kier alpha value is -2.04. The summed E-state index contributed by atoms with van der Waals surface area (Å²) in [6.45, 7) is 0.973. The summed E-state index contributed by atoms with van der Waals surface area (Å²) in [5, 5.41) is 3.69. The Bertz CT molecular complexity index is 780. The number of rotatable bonds is 4. The van der Waals surface area contributed by atoms with E-state index in [0.29, 0.717) is 35.1 Å². The molecule has 1 N–H and O–H groups in total. The van der Waals surface area contributed by atoms with Gasteiger partial charge in [0.05, 0.1) is 10.6 Å². The summed E-state index contributed by atoms with van der Waals surface area (Å²) < 4.78 is 0. The SMILES string of the molecule is O=C(NCc1ccccc1)[C@@H]1CCCN1C(=O)c1cc(Cl)ccc1Cl. The molecule has 1 atom stereocenters. The Kier molecular flexibility index (Phi) is 5.61. The first-order chi connectivity index (χ1) is 12.1. The van der Waals surface area contributed by atoms with Gasteiger partial charge in [-0.25, -0.2) is 0 Å². The predicted octanol–water partition coefficient (Wildman–Crippen LogP) is 3.91. The summed E-state index contributed by atoms with van der Waals surface area (Å²) in [6, 6.07) is 14.0. The number of carbonyl (C=O) groups excluding carboxylic acids is 2. The lowest BCUT2D eigenvalue weighted by Crippen LogP contribution is -2.45. The Morgan fingerprint density at radius 1 is 1.12 bits per heavy atom. The summed E-state index contributed by atoms with van der Waals surface area (Å²) in [4.78, 5) is 26.9. The fraction of sp³-hybridized carbons (Fsp3) is 0.263. The minimum absolute atomic E-state index is 0.146. The number of nitrogens with one attached hydrogen (secondary N) is 1. The van der Waals surface area contributed by atoms with Crippen molar-refractivity contribution in [2.24, 2.45) is 0 Å². The molecular formula is C19H18Cl2N2O2. The van der Waals surface area contributed by atoms with E-state index in [9.17, 15) is 9.59 Å². The van der Waals surface area contributed by atoms with Crippen LogP contribution < -0.4 is 5.32 Å². The second-order valence-electron chi connectivity index (χ2n) is 5.98. The molecule has 25 heavy (non-hydrogen) atoms. The lowest BCUT2D eigenvalue weighted by molar-refractivity contribution is -0.125. The van der Waals surface area contributed by atoms with Crippen LogP contribution in [-0.2, 0) is 11.3 Å². The highest BCUT2D eigenvalue weighted by Crippen LogP contribution is 2.26. The molecule has 1 aliphatic heterocycles. The number of carbonyl (C=O) groups is 2. The molecule has 2 aromatic carbocycles. The predicted molar refractivity (Wildman–Crippen MR) is 98.8 cm³/mol. The van der Waals surface area contributed by atoms with Crippen molar-refractivity contribution in [2.75, 3.05) is 6.54 Å². The number of hydrogen-bond acceptors (Lipinski definition) is 2. The lowest BCUT2D eigenvalue weighted by Gasteiger charge is -2.24. The molecule has 2 amide bonds. The maximum absolute atomic E-state index is 12.8. The van der Waals surface area contributed by atoms with E-state index < -0.39 is 6.04 Å². The first-order valence-electron chi connectivity index (χ1n) is 8.14. The Morgan fingerprint density at radius 3 is 2.64 bits per heavy atom. The van der Waals surface area contributed by atoms with Gasteiger partial charge in [0.2, 0.25) is 5.91 Å². The van der Waals surface area contributed by atoms with Gasteiger partial charge in [0, 0.05) is 18.1 Å². The molecule has 1 fully saturated rings. The third-order valence-corrected chi connectivity index (χ3v) is 4.85. The normalized spacial score (nSPS) is 16.7. The third kappa shape index (κ3) is 4.14. The van der Waals surface area contributed by atoms with Crippen LogP contribution in [0.3, 0.4) is 0 Å². The molecule has 0 spiro atoms. The van der Waals surface area contributed by atoms with E-state index in [2.05, 4.69) is 5.32 Å². The molecule has 6 heteroatoms. The highest BCUT2D eigenvalue weighted by molar-refractivity contribution is 6.35. The van der Waals surface area contributed by atoms with Crippen molar-refractivity contribution in [2.45, 2.75) is 25.4 Å². The number of halogens is 2. The molecule has 0 unspecified atom stereocenters. The van der Waals surface area contributed by atoms with Gasteiger partial charge in [-0.3, -0.25) is 9.59 Å². The molecule has 0 bridgehead atoms. The number of hydrogen-bond donors (Lipinski definition) is 1. The Balaban J connectivity index is 1.70. The number of amides is 2. The van der Waals surface area contributed by atoms with Gasteiger partial charge < -0.3 is 10.2 Å². The summed E-state index contributed by atoms with van der Waals surface area (Å²) in [5.74, 6) is -0.405. The highest BCUT2D eigenvalue weighted by atomic mass is 35.5. The highest BCUT2D eigenvalue weighted by Gasteiger charge is 2.35. The van der Waals surface area contributed by atoms with E-state index in [1.165, 1.54) is 0 Å². The van der Waals surface area contributed by atoms with Gasteiger partial charge in [0.1, 0.15) is 6.04 Å². The van der Waals surface area contributed by atoms with E-state index in [-0.39, 0.29) is 11.8 Å². The molecular weight excluding hydrogens is 359 g/mol. The lowest BCUT2D eigenvalue weighted by atomic mass is 10.1. The van der Waals surface area contributed by atoms with Crippen LogP contribution in [0.5, 0.6) is 0 Å². The molecule has 2 aromatic rings. The van der Waals surface area contributed by atoms with E-state index >= 15 is 0 Å². The first-order valence-corrected chi connectivity index (χ1v) is 8.89. The van der Waals surface area contributed by atoms with Crippen molar-refractivity contribution in [1.29, 1.82) is 0 Å². The van der Waals surface area contributed by atoms with Crippen LogP contribution in [0.2, 0.25) is 10.0 Å². The smallest absolute Gasteiger partial charge is 0.256 e. The first kappa shape index (κ1) is 17.8. The van der Waals surface area contributed by atoms with Gasteiger partial charge in [-0.05, 0) is 36.6 Å². The molecule has 1 aliphatic rings. The van der Waals surface area contributed by atoms with Crippen molar-refractivity contribution in [3.8, 4) is 0 Å². The summed E-state index contributed by atoms with van der Waals surface area (Å²) >= 11 is 12.1. The van der Waals surface area contributed by atoms with Crippen molar-refractivity contribution < 1.29 is 9.59 Å². The van der Waals surface area contributed by atoms with Gasteiger partial charge in [-0.2, -0.15) is 0 Å². The van der Waals surface area contributed by atoms with Crippen molar-refractivity contribution in [3.05, 3.63) is 69.7 Å². The maximum Gasteiger partial charge on any atom is 0.256 e. The zero-order chi connectivity index (χ0) is 17.8. The molecule has 1 saturated heterocycles. The molecule has 0 saturated carbocycles. The molecule has 3 rings (SSSR count). The zero-order valence-electron chi connectivity index (χ0n) is 13.5. The largest absolute Gasteiger partial charge is 0.350 e. The van der Waals surface area contributed by atoms with Gasteiger partial charge in [0.15, 0.2) is 0 Å².